The summed E-state index contributed by atoms with van der Waals surface area (Å²) < 4.78 is 17.4. The highest BCUT2D eigenvalue weighted by Crippen LogP contribution is 2.38. The van der Waals surface area contributed by atoms with Gasteiger partial charge in [0.1, 0.15) is 0 Å². The Morgan fingerprint density at radius 1 is 0.839 bits per heavy atom. The Labute approximate surface area is 188 Å². The van der Waals surface area contributed by atoms with Gasteiger partial charge in [0.2, 0.25) is 0 Å². The van der Waals surface area contributed by atoms with Crippen LogP contribution < -0.4 is 19.5 Å². The first-order chi connectivity index (χ1) is 15.2. The van der Waals surface area contributed by atoms with Crippen molar-refractivity contribution in [2.45, 2.75) is 77.2 Å². The van der Waals surface area contributed by atoms with E-state index in [0.29, 0.717) is 6.04 Å². The minimum absolute atomic E-state index is 0.572. The van der Waals surface area contributed by atoms with Crippen molar-refractivity contribution in [3.05, 3.63) is 47.5 Å². The maximum atomic E-state index is 6.31. The predicted molar refractivity (Wildman–Crippen MR) is 128 cm³/mol. The average molecular weight is 426 g/mol. The fourth-order valence-corrected chi connectivity index (χ4v) is 4.30. The molecule has 1 heterocycles. The zero-order valence-corrected chi connectivity index (χ0v) is 19.5. The summed E-state index contributed by atoms with van der Waals surface area (Å²) in [6.07, 6.45) is 12.1. The average Bonchev–Trinajstić information content (AvgIpc) is 2.79. The summed E-state index contributed by atoms with van der Waals surface area (Å²) in [6, 6.07) is 13.1. The van der Waals surface area contributed by atoms with E-state index in [2.05, 4.69) is 36.5 Å². The monoisotopic (exact) mass is 425 g/mol. The molecule has 0 amide bonds. The second-order valence-corrected chi connectivity index (χ2v) is 8.57. The number of hydrogen-bond acceptors (Lipinski definition) is 4. The number of hydrogen-bond donors (Lipinski definition) is 1. The van der Waals surface area contributed by atoms with E-state index in [1.165, 1.54) is 56.1 Å². The molecule has 0 aromatic heterocycles. The van der Waals surface area contributed by atoms with Crippen LogP contribution in [0.15, 0.2) is 36.4 Å². The molecule has 1 aliphatic rings. The van der Waals surface area contributed by atoms with Gasteiger partial charge in [-0.05, 0) is 80.5 Å². The van der Waals surface area contributed by atoms with Gasteiger partial charge in [-0.25, -0.2) is 0 Å². The van der Waals surface area contributed by atoms with Crippen LogP contribution >= 0.6 is 0 Å². The highest BCUT2D eigenvalue weighted by molar-refractivity contribution is 5.50. The molecule has 0 spiro atoms. The topological polar surface area (TPSA) is 39.7 Å². The van der Waals surface area contributed by atoms with Gasteiger partial charge in [0.25, 0.3) is 0 Å². The molecule has 0 saturated carbocycles. The van der Waals surface area contributed by atoms with Gasteiger partial charge in [-0.15, -0.1) is 0 Å². The lowest BCUT2D eigenvalue weighted by molar-refractivity contribution is 0.355. The normalized spacial score (nSPS) is 16.8. The summed E-state index contributed by atoms with van der Waals surface area (Å²) in [7, 11) is 3.37. The van der Waals surface area contributed by atoms with Gasteiger partial charge < -0.3 is 19.5 Å². The summed E-state index contributed by atoms with van der Waals surface area (Å²) in [5.74, 6) is 2.99. The molecule has 3 rings (SSSR count). The summed E-state index contributed by atoms with van der Waals surface area (Å²) in [5, 5.41) is 3.84. The van der Waals surface area contributed by atoms with Crippen molar-refractivity contribution in [3.63, 3.8) is 0 Å². The van der Waals surface area contributed by atoms with Crippen LogP contribution in [0.2, 0.25) is 0 Å². The van der Waals surface area contributed by atoms with Crippen molar-refractivity contribution in [1.82, 2.24) is 5.32 Å². The third-order valence-electron chi connectivity index (χ3n) is 6.19. The Morgan fingerprint density at radius 3 is 2.16 bits per heavy atom. The van der Waals surface area contributed by atoms with Crippen molar-refractivity contribution < 1.29 is 14.2 Å². The van der Waals surface area contributed by atoms with E-state index in [1.807, 2.05) is 12.1 Å². The second-order valence-electron chi connectivity index (χ2n) is 8.57. The van der Waals surface area contributed by atoms with Gasteiger partial charge >= 0.3 is 0 Å². The highest BCUT2D eigenvalue weighted by Gasteiger charge is 2.15. The van der Waals surface area contributed by atoms with Crippen molar-refractivity contribution in [2.75, 3.05) is 20.8 Å². The Morgan fingerprint density at radius 2 is 1.52 bits per heavy atom. The molecule has 1 aliphatic heterocycles. The smallest absolute Gasteiger partial charge is 0.169 e. The molecule has 1 unspecified atom stereocenters. The van der Waals surface area contributed by atoms with Gasteiger partial charge in [0.05, 0.1) is 14.2 Å². The highest BCUT2D eigenvalue weighted by atomic mass is 16.5. The molecule has 31 heavy (non-hydrogen) atoms. The zero-order chi connectivity index (χ0) is 21.9. The van der Waals surface area contributed by atoms with Crippen molar-refractivity contribution in [1.29, 1.82) is 0 Å². The molecule has 1 atom stereocenters. The van der Waals surface area contributed by atoms with Gasteiger partial charge in [0.15, 0.2) is 23.0 Å². The largest absolute Gasteiger partial charge is 0.493 e. The number of ether oxygens (including phenoxy) is 3. The lowest BCUT2D eigenvalue weighted by atomic mass is 9.98. The lowest BCUT2D eigenvalue weighted by Gasteiger charge is -2.20. The number of nitrogens with one attached hydrogen (secondary N) is 1. The van der Waals surface area contributed by atoms with Crippen LogP contribution in [0.4, 0.5) is 0 Å². The van der Waals surface area contributed by atoms with E-state index in [0.717, 1.165) is 48.8 Å². The fourth-order valence-electron chi connectivity index (χ4n) is 4.30. The molecule has 0 fully saturated rings. The zero-order valence-electron chi connectivity index (χ0n) is 19.5. The summed E-state index contributed by atoms with van der Waals surface area (Å²) in [4.78, 5) is 0. The minimum Gasteiger partial charge on any atom is -0.493 e. The standard InChI is InChI=1S/C27H39NO3/c1-4-5-6-9-18-28-23-11-8-7-10-21-13-16-24(29-2)26(19-21)31-27-20-22(12-15-23)14-17-25(27)30-3/h13-14,16-17,19-20,23,28H,4-12,15,18H2,1-3H3. The molecule has 170 valence electrons. The van der Waals surface area contributed by atoms with Crippen molar-refractivity contribution in [3.8, 4) is 23.0 Å². The summed E-state index contributed by atoms with van der Waals surface area (Å²) in [5.41, 5.74) is 2.56. The molecule has 4 bridgehead atoms. The number of aryl methyl sites for hydroxylation is 2. The van der Waals surface area contributed by atoms with Crippen LogP contribution in [0.1, 0.15) is 69.4 Å². The van der Waals surface area contributed by atoms with Gasteiger partial charge in [0, 0.05) is 6.04 Å². The molecule has 0 aliphatic carbocycles. The maximum absolute atomic E-state index is 6.31. The molecule has 1 N–H and O–H groups in total. The molecule has 0 saturated heterocycles. The minimum atomic E-state index is 0.572. The van der Waals surface area contributed by atoms with E-state index in [9.17, 15) is 0 Å². The van der Waals surface area contributed by atoms with Gasteiger partial charge in [-0.2, -0.15) is 0 Å². The van der Waals surface area contributed by atoms with Gasteiger partial charge in [-0.3, -0.25) is 0 Å². The third-order valence-corrected chi connectivity index (χ3v) is 6.19. The first-order valence-corrected chi connectivity index (χ1v) is 12.0. The van der Waals surface area contributed by atoms with Crippen molar-refractivity contribution >= 4 is 0 Å². The number of methoxy groups -OCH3 is 2. The molecule has 4 heteroatoms. The lowest BCUT2D eigenvalue weighted by Crippen LogP contribution is -2.30. The molecular formula is C27H39NO3. The summed E-state index contributed by atoms with van der Waals surface area (Å²) >= 11 is 0. The number of benzene rings is 2. The Balaban J connectivity index is 1.77. The Bertz CT molecular complexity index is 805. The Hall–Kier alpha value is -2.20. The molecule has 2 aromatic carbocycles. The van der Waals surface area contributed by atoms with E-state index >= 15 is 0 Å². The first kappa shape index (κ1) is 23.5. The van der Waals surface area contributed by atoms with Gasteiger partial charge in [-0.1, -0.05) is 44.7 Å². The van der Waals surface area contributed by atoms with Crippen LogP contribution in [-0.4, -0.2) is 26.8 Å². The molecular weight excluding hydrogens is 386 g/mol. The number of unbranched alkanes of at least 4 members (excludes halogenated alkanes) is 3. The van der Waals surface area contributed by atoms with Crippen LogP contribution in [0.3, 0.4) is 0 Å². The van der Waals surface area contributed by atoms with Crippen LogP contribution in [-0.2, 0) is 12.8 Å². The number of fused-ring (bicyclic) bond motifs is 4. The van der Waals surface area contributed by atoms with E-state index in [4.69, 9.17) is 14.2 Å². The second kappa shape index (κ2) is 12.6. The van der Waals surface area contributed by atoms with Crippen LogP contribution in [0.25, 0.3) is 0 Å². The van der Waals surface area contributed by atoms with E-state index in [1.54, 1.807) is 14.2 Å². The SMILES string of the molecule is CCCCCCNC1CCCCc2ccc(OC)c(c2)Oc2cc(ccc2OC)CC1. The van der Waals surface area contributed by atoms with Crippen molar-refractivity contribution in [2.24, 2.45) is 0 Å². The van der Waals surface area contributed by atoms with Crippen LogP contribution in [0.5, 0.6) is 23.0 Å². The van der Waals surface area contributed by atoms with E-state index in [-0.39, 0.29) is 0 Å². The summed E-state index contributed by atoms with van der Waals surface area (Å²) in [6.45, 7) is 3.40. The first-order valence-electron chi connectivity index (χ1n) is 12.0. The third kappa shape index (κ3) is 7.17. The predicted octanol–water partition coefficient (Wildman–Crippen LogP) is 6.69. The van der Waals surface area contributed by atoms with Crippen LogP contribution in [0, 0.1) is 0 Å². The Kier molecular flexibility index (Phi) is 9.54. The molecule has 0 radical (unpaired) electrons. The van der Waals surface area contributed by atoms with E-state index < -0.39 is 0 Å². The fraction of sp³-hybridized carbons (Fsp3) is 0.556. The number of rotatable bonds is 8. The maximum Gasteiger partial charge on any atom is 0.169 e. The quantitative estimate of drug-likeness (QED) is 0.478. The molecule has 2 aromatic rings. The molecule has 4 nitrogen and oxygen atoms in total.